The van der Waals surface area contributed by atoms with E-state index in [2.05, 4.69) is 10.6 Å². The lowest BCUT2D eigenvalue weighted by molar-refractivity contribution is 0.0490. The molecule has 0 spiro atoms. The van der Waals surface area contributed by atoms with E-state index in [1.54, 1.807) is 0 Å². The fourth-order valence-electron chi connectivity index (χ4n) is 1.97. The number of ether oxygens (including phenoxy) is 1. The van der Waals surface area contributed by atoms with Gasteiger partial charge < -0.3 is 15.4 Å². The van der Waals surface area contributed by atoms with Crippen LogP contribution in [0.15, 0.2) is 18.2 Å². The average molecular weight is 361 g/mol. The van der Waals surface area contributed by atoms with Crippen LogP contribution >= 0.6 is 23.2 Å². The summed E-state index contributed by atoms with van der Waals surface area (Å²) in [6.45, 7) is 10.8. The lowest BCUT2D eigenvalue weighted by Crippen LogP contribution is -2.47. The van der Waals surface area contributed by atoms with E-state index in [9.17, 15) is 4.79 Å². The minimum atomic E-state index is -0.510. The van der Waals surface area contributed by atoms with Crippen molar-refractivity contribution >= 4 is 29.3 Å². The second-order valence-corrected chi connectivity index (χ2v) is 7.64. The third-order valence-corrected chi connectivity index (χ3v) is 3.94. The zero-order chi connectivity index (χ0) is 17.6. The number of alkyl carbamates (subject to hydrolysis) is 1. The smallest absolute Gasteiger partial charge is 0.407 e. The van der Waals surface area contributed by atoms with Gasteiger partial charge in [0.1, 0.15) is 5.60 Å². The highest BCUT2D eigenvalue weighted by atomic mass is 35.5. The Hall–Kier alpha value is -0.970. The standard InChI is InChI=1S/C17H26Cl2N2O2/c1-11(2)15(21-16(22)23-17(3,4)5)10-20-9-12-13(18)7-6-8-14(12)19/h6-8,11,15,20H,9-10H2,1-5H3,(H,21,22). The van der Waals surface area contributed by atoms with Crippen LogP contribution in [0.5, 0.6) is 0 Å². The minimum absolute atomic E-state index is 0.0499. The second kappa shape index (κ2) is 8.76. The molecule has 23 heavy (non-hydrogen) atoms. The predicted molar refractivity (Wildman–Crippen MR) is 96.2 cm³/mol. The summed E-state index contributed by atoms with van der Waals surface area (Å²) < 4.78 is 5.30. The molecule has 0 saturated heterocycles. The number of benzene rings is 1. The first kappa shape index (κ1) is 20.1. The molecule has 0 radical (unpaired) electrons. The van der Waals surface area contributed by atoms with Gasteiger partial charge in [0.25, 0.3) is 0 Å². The molecule has 0 aromatic heterocycles. The predicted octanol–water partition coefficient (Wildman–Crippen LogP) is 4.63. The second-order valence-electron chi connectivity index (χ2n) is 6.83. The van der Waals surface area contributed by atoms with Crippen LogP contribution < -0.4 is 10.6 Å². The zero-order valence-electron chi connectivity index (χ0n) is 14.4. The average Bonchev–Trinajstić information content (AvgIpc) is 2.38. The van der Waals surface area contributed by atoms with Crippen LogP contribution in [0, 0.1) is 5.92 Å². The van der Waals surface area contributed by atoms with Crippen molar-refractivity contribution in [1.82, 2.24) is 10.6 Å². The van der Waals surface area contributed by atoms with Gasteiger partial charge >= 0.3 is 6.09 Å². The molecule has 0 aliphatic carbocycles. The Balaban J connectivity index is 2.56. The van der Waals surface area contributed by atoms with Gasteiger partial charge in [-0.05, 0) is 38.8 Å². The SMILES string of the molecule is CC(C)C(CNCc1c(Cl)cccc1Cl)NC(=O)OC(C)(C)C. The first-order valence-corrected chi connectivity index (χ1v) is 8.49. The van der Waals surface area contributed by atoms with Crippen LogP contribution in [-0.2, 0) is 11.3 Å². The topological polar surface area (TPSA) is 50.4 Å². The highest BCUT2D eigenvalue weighted by Crippen LogP contribution is 2.23. The molecule has 1 amide bonds. The Bertz CT molecular complexity index is 508. The summed E-state index contributed by atoms with van der Waals surface area (Å²) in [5, 5.41) is 7.45. The fraction of sp³-hybridized carbons (Fsp3) is 0.588. The van der Waals surface area contributed by atoms with Gasteiger partial charge in [-0.1, -0.05) is 43.1 Å². The highest BCUT2D eigenvalue weighted by Gasteiger charge is 2.21. The van der Waals surface area contributed by atoms with Gasteiger partial charge in [0.2, 0.25) is 0 Å². The van der Waals surface area contributed by atoms with E-state index in [1.165, 1.54) is 0 Å². The van der Waals surface area contributed by atoms with Crippen molar-refractivity contribution in [1.29, 1.82) is 0 Å². The molecule has 0 aliphatic heterocycles. The van der Waals surface area contributed by atoms with Gasteiger partial charge in [-0.15, -0.1) is 0 Å². The highest BCUT2D eigenvalue weighted by molar-refractivity contribution is 6.35. The van der Waals surface area contributed by atoms with Crippen molar-refractivity contribution in [2.75, 3.05) is 6.54 Å². The molecule has 4 nitrogen and oxygen atoms in total. The van der Waals surface area contributed by atoms with Crippen LogP contribution in [0.25, 0.3) is 0 Å². The van der Waals surface area contributed by atoms with Crippen LogP contribution in [0.1, 0.15) is 40.2 Å². The zero-order valence-corrected chi connectivity index (χ0v) is 15.9. The van der Waals surface area contributed by atoms with Crippen LogP contribution in [0.2, 0.25) is 10.0 Å². The number of rotatable bonds is 6. The van der Waals surface area contributed by atoms with E-state index in [0.29, 0.717) is 23.1 Å². The molecule has 6 heteroatoms. The van der Waals surface area contributed by atoms with Gasteiger partial charge in [-0.3, -0.25) is 0 Å². The van der Waals surface area contributed by atoms with Crippen molar-refractivity contribution in [2.45, 2.75) is 52.8 Å². The molecule has 0 aliphatic rings. The van der Waals surface area contributed by atoms with Crippen LogP contribution in [0.3, 0.4) is 0 Å². The Morgan fingerprint density at radius 3 is 2.26 bits per heavy atom. The van der Waals surface area contributed by atoms with E-state index in [1.807, 2.05) is 52.8 Å². The van der Waals surface area contributed by atoms with Gasteiger partial charge in [0.15, 0.2) is 0 Å². The number of halogens is 2. The van der Waals surface area contributed by atoms with Gasteiger partial charge in [-0.2, -0.15) is 0 Å². The fourth-order valence-corrected chi connectivity index (χ4v) is 2.50. The number of nitrogens with one attached hydrogen (secondary N) is 2. The first-order valence-electron chi connectivity index (χ1n) is 7.73. The van der Waals surface area contributed by atoms with E-state index >= 15 is 0 Å². The lowest BCUT2D eigenvalue weighted by Gasteiger charge is -2.26. The monoisotopic (exact) mass is 360 g/mol. The van der Waals surface area contributed by atoms with Gasteiger partial charge in [-0.25, -0.2) is 4.79 Å². The summed E-state index contributed by atoms with van der Waals surface area (Å²) in [5.41, 5.74) is 0.347. The molecule has 2 N–H and O–H groups in total. The summed E-state index contributed by atoms with van der Waals surface area (Å²) in [7, 11) is 0. The third-order valence-electron chi connectivity index (χ3n) is 3.23. The summed E-state index contributed by atoms with van der Waals surface area (Å²) in [5.74, 6) is 0.261. The Morgan fingerprint density at radius 1 is 1.22 bits per heavy atom. The van der Waals surface area contributed by atoms with Gasteiger partial charge in [0.05, 0.1) is 0 Å². The van der Waals surface area contributed by atoms with Crippen molar-refractivity contribution in [2.24, 2.45) is 5.92 Å². The lowest BCUT2D eigenvalue weighted by atomic mass is 10.0. The summed E-state index contributed by atoms with van der Waals surface area (Å²) in [6, 6.07) is 5.38. The molecule has 130 valence electrons. The Morgan fingerprint density at radius 2 is 1.78 bits per heavy atom. The molecule has 1 atom stereocenters. The number of hydrogen-bond acceptors (Lipinski definition) is 3. The van der Waals surface area contributed by atoms with E-state index in [-0.39, 0.29) is 12.0 Å². The Labute approximate surface area is 148 Å². The van der Waals surface area contributed by atoms with E-state index in [0.717, 1.165) is 5.56 Å². The number of amides is 1. The maximum Gasteiger partial charge on any atom is 0.407 e. The normalized spacial score (nSPS) is 13.0. The van der Waals surface area contributed by atoms with Crippen LogP contribution in [0.4, 0.5) is 4.79 Å². The molecule has 0 heterocycles. The molecule has 1 rings (SSSR count). The molecular formula is C17H26Cl2N2O2. The number of carbonyl (C=O) groups is 1. The first-order chi connectivity index (χ1) is 10.6. The largest absolute Gasteiger partial charge is 0.444 e. The summed E-state index contributed by atoms with van der Waals surface area (Å²) in [4.78, 5) is 11.9. The van der Waals surface area contributed by atoms with Crippen LogP contribution in [-0.4, -0.2) is 24.3 Å². The summed E-state index contributed by atoms with van der Waals surface area (Å²) >= 11 is 12.3. The molecule has 1 aromatic rings. The van der Waals surface area contributed by atoms with Gasteiger partial charge in [0, 0.05) is 34.7 Å². The third kappa shape index (κ3) is 7.42. The summed E-state index contributed by atoms with van der Waals surface area (Å²) in [6.07, 6.45) is -0.409. The van der Waals surface area contributed by atoms with Crippen molar-refractivity contribution in [3.05, 3.63) is 33.8 Å². The molecule has 0 saturated carbocycles. The number of hydrogen-bond donors (Lipinski definition) is 2. The molecular weight excluding hydrogens is 335 g/mol. The maximum absolute atomic E-state index is 11.9. The molecule has 1 aromatic carbocycles. The van der Waals surface area contributed by atoms with E-state index < -0.39 is 11.7 Å². The molecule has 0 fully saturated rings. The Kier molecular flexibility index (Phi) is 7.65. The molecule has 1 unspecified atom stereocenters. The molecule has 0 bridgehead atoms. The minimum Gasteiger partial charge on any atom is -0.444 e. The van der Waals surface area contributed by atoms with Crippen molar-refractivity contribution < 1.29 is 9.53 Å². The van der Waals surface area contributed by atoms with Crippen molar-refractivity contribution in [3.63, 3.8) is 0 Å². The number of carbonyl (C=O) groups excluding carboxylic acids is 1. The maximum atomic E-state index is 11.9. The van der Waals surface area contributed by atoms with E-state index in [4.69, 9.17) is 27.9 Å². The van der Waals surface area contributed by atoms with Crippen molar-refractivity contribution in [3.8, 4) is 0 Å². The quantitative estimate of drug-likeness (QED) is 0.777.